The van der Waals surface area contributed by atoms with Crippen LogP contribution < -0.4 is 16.6 Å². The van der Waals surface area contributed by atoms with Gasteiger partial charge in [0.05, 0.1) is 16.7 Å². The molecule has 2 aromatic heterocycles. The van der Waals surface area contributed by atoms with Crippen molar-refractivity contribution < 1.29 is 4.79 Å². The van der Waals surface area contributed by atoms with Crippen molar-refractivity contribution in [3.05, 3.63) is 73.3 Å². The van der Waals surface area contributed by atoms with Crippen molar-refractivity contribution in [1.29, 1.82) is 0 Å². The number of primary amides is 1. The van der Waals surface area contributed by atoms with Crippen molar-refractivity contribution >= 4 is 22.8 Å². The number of amides is 2. The highest BCUT2D eigenvalue weighted by atomic mass is 16.2. The third kappa shape index (κ3) is 3.05. The Morgan fingerprint density at radius 3 is 2.73 bits per heavy atom. The fourth-order valence-electron chi connectivity index (χ4n) is 2.80. The SMILES string of the molecule is NC(=O)NNc1ccc2c(c1)ncn2-c1cccc(-c2cccnc2)c1. The van der Waals surface area contributed by atoms with Gasteiger partial charge in [0, 0.05) is 23.6 Å². The Morgan fingerprint density at radius 2 is 1.92 bits per heavy atom. The lowest BCUT2D eigenvalue weighted by atomic mass is 10.1. The van der Waals surface area contributed by atoms with Gasteiger partial charge in [-0.3, -0.25) is 20.4 Å². The zero-order valence-electron chi connectivity index (χ0n) is 13.8. The maximum absolute atomic E-state index is 10.8. The van der Waals surface area contributed by atoms with E-state index in [1.165, 1.54) is 0 Å². The van der Waals surface area contributed by atoms with Crippen LogP contribution >= 0.6 is 0 Å². The molecule has 128 valence electrons. The number of urea groups is 1. The van der Waals surface area contributed by atoms with Crippen molar-refractivity contribution in [3.63, 3.8) is 0 Å². The first-order valence-corrected chi connectivity index (χ1v) is 8.00. The Kier molecular flexibility index (Phi) is 3.95. The third-order valence-corrected chi connectivity index (χ3v) is 4.00. The number of hydrogen-bond donors (Lipinski definition) is 3. The van der Waals surface area contributed by atoms with E-state index in [0.29, 0.717) is 5.69 Å². The van der Waals surface area contributed by atoms with E-state index < -0.39 is 6.03 Å². The molecule has 4 rings (SSSR count). The van der Waals surface area contributed by atoms with Gasteiger partial charge in [-0.1, -0.05) is 18.2 Å². The van der Waals surface area contributed by atoms with Gasteiger partial charge in [-0.25, -0.2) is 9.78 Å². The Labute approximate surface area is 149 Å². The Balaban J connectivity index is 1.70. The molecule has 0 fully saturated rings. The number of imidazole rings is 1. The van der Waals surface area contributed by atoms with Crippen molar-refractivity contribution in [2.24, 2.45) is 5.73 Å². The van der Waals surface area contributed by atoms with Gasteiger partial charge < -0.3 is 5.73 Å². The maximum atomic E-state index is 10.8. The normalized spacial score (nSPS) is 10.6. The number of benzene rings is 2. The Morgan fingerprint density at radius 1 is 1.04 bits per heavy atom. The highest BCUT2D eigenvalue weighted by Gasteiger charge is 2.07. The number of hydrazine groups is 1. The molecule has 0 saturated heterocycles. The summed E-state index contributed by atoms with van der Waals surface area (Å²) in [5.41, 5.74) is 15.7. The van der Waals surface area contributed by atoms with E-state index in [4.69, 9.17) is 5.73 Å². The molecule has 0 radical (unpaired) electrons. The summed E-state index contributed by atoms with van der Waals surface area (Å²) in [5, 5.41) is 0. The number of fused-ring (bicyclic) bond motifs is 1. The average molecular weight is 344 g/mol. The van der Waals surface area contributed by atoms with Crippen molar-refractivity contribution in [3.8, 4) is 16.8 Å². The molecule has 7 heteroatoms. The number of anilines is 1. The molecule has 0 aliphatic carbocycles. The van der Waals surface area contributed by atoms with Crippen molar-refractivity contribution in [2.45, 2.75) is 0 Å². The molecule has 0 saturated carbocycles. The molecule has 0 unspecified atom stereocenters. The monoisotopic (exact) mass is 344 g/mol. The number of pyridine rings is 1. The zero-order chi connectivity index (χ0) is 17.9. The lowest BCUT2D eigenvalue weighted by Gasteiger charge is -2.09. The van der Waals surface area contributed by atoms with Crippen molar-refractivity contribution in [2.75, 3.05) is 5.43 Å². The zero-order valence-corrected chi connectivity index (χ0v) is 13.8. The Bertz CT molecular complexity index is 1070. The fourth-order valence-corrected chi connectivity index (χ4v) is 2.80. The van der Waals surface area contributed by atoms with Crippen LogP contribution in [0.1, 0.15) is 0 Å². The number of nitrogens with two attached hydrogens (primary N) is 1. The van der Waals surface area contributed by atoms with E-state index in [-0.39, 0.29) is 0 Å². The minimum atomic E-state index is -0.650. The minimum Gasteiger partial charge on any atom is -0.350 e. The number of rotatable bonds is 4. The topological polar surface area (TPSA) is 97.9 Å². The number of aromatic nitrogens is 3. The van der Waals surface area contributed by atoms with Crippen LogP contribution in [0.2, 0.25) is 0 Å². The molecule has 0 bridgehead atoms. The molecule has 2 heterocycles. The predicted molar refractivity (Wildman–Crippen MR) is 101 cm³/mol. The van der Waals surface area contributed by atoms with Crippen molar-refractivity contribution in [1.82, 2.24) is 20.0 Å². The molecular weight excluding hydrogens is 328 g/mol. The van der Waals surface area contributed by atoms with E-state index >= 15 is 0 Å². The summed E-state index contributed by atoms with van der Waals surface area (Å²) in [6.45, 7) is 0. The Hall–Kier alpha value is -3.87. The van der Waals surface area contributed by atoms with Gasteiger partial charge in [-0.2, -0.15) is 0 Å². The number of nitrogens with zero attached hydrogens (tertiary/aromatic N) is 3. The molecule has 2 amide bonds. The van der Waals surface area contributed by atoms with E-state index in [1.807, 2.05) is 53.2 Å². The van der Waals surface area contributed by atoms with Crippen LogP contribution in [0.4, 0.5) is 10.5 Å². The second-order valence-corrected chi connectivity index (χ2v) is 5.72. The van der Waals surface area contributed by atoms with Crippen LogP contribution in [0.25, 0.3) is 27.8 Å². The second kappa shape index (κ2) is 6.56. The summed E-state index contributed by atoms with van der Waals surface area (Å²) in [4.78, 5) is 19.4. The molecule has 7 nitrogen and oxygen atoms in total. The summed E-state index contributed by atoms with van der Waals surface area (Å²) in [5.74, 6) is 0. The summed E-state index contributed by atoms with van der Waals surface area (Å²) >= 11 is 0. The van der Waals surface area contributed by atoms with Gasteiger partial charge in [0.25, 0.3) is 0 Å². The van der Waals surface area contributed by atoms with Gasteiger partial charge in [-0.05, 0) is 42.0 Å². The van der Waals surface area contributed by atoms with Crippen LogP contribution in [0.15, 0.2) is 73.3 Å². The molecule has 4 N–H and O–H groups in total. The molecule has 0 aliphatic rings. The number of carbonyl (C=O) groups is 1. The first-order valence-electron chi connectivity index (χ1n) is 8.00. The summed E-state index contributed by atoms with van der Waals surface area (Å²) in [6, 6.07) is 17.1. The minimum absolute atomic E-state index is 0.650. The van der Waals surface area contributed by atoms with Gasteiger partial charge >= 0.3 is 6.03 Å². The summed E-state index contributed by atoms with van der Waals surface area (Å²) < 4.78 is 2.01. The second-order valence-electron chi connectivity index (χ2n) is 5.72. The van der Waals surface area contributed by atoms with Crippen LogP contribution in [0.5, 0.6) is 0 Å². The number of hydrogen-bond acceptors (Lipinski definition) is 4. The molecule has 0 spiro atoms. The molecular formula is C19H16N6O. The number of nitrogens with one attached hydrogen (secondary N) is 2. The molecule has 26 heavy (non-hydrogen) atoms. The molecule has 0 atom stereocenters. The quantitative estimate of drug-likeness (QED) is 0.496. The van der Waals surface area contributed by atoms with Gasteiger partial charge in [0.1, 0.15) is 6.33 Å². The third-order valence-electron chi connectivity index (χ3n) is 4.00. The fraction of sp³-hybridized carbons (Fsp3) is 0. The van der Waals surface area contributed by atoms with Gasteiger partial charge in [0.15, 0.2) is 0 Å². The van der Waals surface area contributed by atoms with Crippen LogP contribution in [0.3, 0.4) is 0 Å². The summed E-state index contributed by atoms with van der Waals surface area (Å²) in [7, 11) is 0. The maximum Gasteiger partial charge on any atom is 0.330 e. The molecule has 0 aliphatic heterocycles. The smallest absolute Gasteiger partial charge is 0.330 e. The highest BCUT2D eigenvalue weighted by Crippen LogP contribution is 2.25. The van der Waals surface area contributed by atoms with E-state index in [9.17, 15) is 4.79 Å². The largest absolute Gasteiger partial charge is 0.350 e. The van der Waals surface area contributed by atoms with Crippen LogP contribution in [0, 0.1) is 0 Å². The molecule has 4 aromatic rings. The summed E-state index contributed by atoms with van der Waals surface area (Å²) in [6.07, 6.45) is 5.38. The lowest BCUT2D eigenvalue weighted by Crippen LogP contribution is -2.34. The lowest BCUT2D eigenvalue weighted by molar-refractivity contribution is 0.250. The van der Waals surface area contributed by atoms with Crippen LogP contribution in [-0.4, -0.2) is 20.6 Å². The van der Waals surface area contributed by atoms with Gasteiger partial charge in [-0.15, -0.1) is 0 Å². The number of carbonyl (C=O) groups excluding carboxylic acids is 1. The molecule has 2 aromatic carbocycles. The standard InChI is InChI=1S/C19H16N6O/c20-19(26)24-23-15-6-7-18-17(10-15)22-12-25(18)16-5-1-3-13(9-16)14-4-2-8-21-11-14/h1-12,23H,(H3,20,24,26). The van der Waals surface area contributed by atoms with E-state index in [2.05, 4.69) is 33.0 Å². The first kappa shape index (κ1) is 15.6. The predicted octanol–water partition coefficient (Wildman–Crippen LogP) is 3.08. The van der Waals surface area contributed by atoms with Gasteiger partial charge in [0.2, 0.25) is 0 Å². The van der Waals surface area contributed by atoms with Crippen LogP contribution in [-0.2, 0) is 0 Å². The highest BCUT2D eigenvalue weighted by molar-refractivity contribution is 5.82. The first-order chi connectivity index (χ1) is 12.7. The van der Waals surface area contributed by atoms with E-state index in [1.54, 1.807) is 12.5 Å². The average Bonchev–Trinajstić information content (AvgIpc) is 3.10. The van der Waals surface area contributed by atoms with E-state index in [0.717, 1.165) is 27.8 Å².